The maximum absolute atomic E-state index is 10.4. The van der Waals surface area contributed by atoms with Crippen LogP contribution in [0.5, 0.6) is 0 Å². The van der Waals surface area contributed by atoms with Crippen molar-refractivity contribution >= 4 is 28.6 Å². The minimum absolute atomic E-state index is 0.427. The van der Waals surface area contributed by atoms with Crippen LogP contribution in [0, 0.1) is 0 Å². The summed E-state index contributed by atoms with van der Waals surface area (Å²) in [7, 11) is 0. The number of rotatable bonds is 1. The van der Waals surface area contributed by atoms with Crippen LogP contribution in [0.25, 0.3) is 0 Å². The van der Waals surface area contributed by atoms with Gasteiger partial charge in [-0.3, -0.25) is 0 Å². The summed E-state index contributed by atoms with van der Waals surface area (Å²) in [5.74, 6) is -0.825. The van der Waals surface area contributed by atoms with E-state index >= 15 is 0 Å². The second-order valence-electron chi connectivity index (χ2n) is 2.09. The van der Waals surface area contributed by atoms with Crippen molar-refractivity contribution < 1.29 is 9.90 Å². The Morgan fingerprint density at radius 3 is 2.80 bits per heavy atom. The van der Waals surface area contributed by atoms with Crippen molar-refractivity contribution in [2.45, 2.75) is 12.8 Å². The average molecular weight is 250 g/mol. The number of carboxylic acid groups (broad SMARTS) is 1. The number of aliphatic carboxylic acids is 1. The summed E-state index contributed by atoms with van der Waals surface area (Å²) >= 11 is 2.16. The van der Waals surface area contributed by atoms with Crippen LogP contribution in [0.4, 0.5) is 0 Å². The van der Waals surface area contributed by atoms with E-state index in [-0.39, 0.29) is 0 Å². The molecule has 3 heteroatoms. The van der Waals surface area contributed by atoms with E-state index in [2.05, 4.69) is 22.6 Å². The Morgan fingerprint density at radius 1 is 1.70 bits per heavy atom. The van der Waals surface area contributed by atoms with Crippen molar-refractivity contribution in [3.8, 4) is 0 Å². The number of carbonyl (C=O) groups is 1. The summed E-state index contributed by atoms with van der Waals surface area (Å²) < 4.78 is 1.12. The molecule has 1 aliphatic carbocycles. The predicted octanol–water partition coefficient (Wildman–Crippen LogP) is 2.11. The summed E-state index contributed by atoms with van der Waals surface area (Å²) in [6.45, 7) is 0. The maximum Gasteiger partial charge on any atom is 0.335 e. The molecule has 10 heavy (non-hydrogen) atoms. The van der Waals surface area contributed by atoms with Crippen molar-refractivity contribution in [3.63, 3.8) is 0 Å². The molecule has 0 unspecified atom stereocenters. The van der Waals surface area contributed by atoms with E-state index in [1.807, 2.05) is 0 Å². The third-order valence-electron chi connectivity index (χ3n) is 1.31. The first kappa shape index (κ1) is 7.78. The van der Waals surface area contributed by atoms with E-state index < -0.39 is 5.97 Å². The molecular weight excluding hydrogens is 243 g/mol. The third kappa shape index (κ3) is 1.83. The molecule has 54 valence electrons. The van der Waals surface area contributed by atoms with Crippen LogP contribution in [0.1, 0.15) is 12.8 Å². The van der Waals surface area contributed by atoms with E-state index in [1.165, 1.54) is 0 Å². The molecule has 1 rings (SSSR count). The fourth-order valence-corrected chi connectivity index (χ4v) is 1.46. The van der Waals surface area contributed by atoms with E-state index in [4.69, 9.17) is 5.11 Å². The first-order valence-electron chi connectivity index (χ1n) is 2.99. The molecule has 0 heterocycles. The van der Waals surface area contributed by atoms with Gasteiger partial charge in [0.25, 0.3) is 0 Å². The Balaban J connectivity index is 2.79. The quantitative estimate of drug-likeness (QED) is 0.723. The van der Waals surface area contributed by atoms with Crippen molar-refractivity contribution in [2.75, 3.05) is 0 Å². The molecule has 0 saturated heterocycles. The SMILES string of the molecule is O=C(O)C1=CCCC(I)=C1. The second kappa shape index (κ2) is 3.18. The molecule has 0 aromatic rings. The number of halogens is 1. The van der Waals surface area contributed by atoms with Crippen LogP contribution in [0.2, 0.25) is 0 Å². The highest BCUT2D eigenvalue weighted by molar-refractivity contribution is 14.1. The Hall–Kier alpha value is -0.320. The second-order valence-corrected chi connectivity index (χ2v) is 3.48. The van der Waals surface area contributed by atoms with Gasteiger partial charge in [-0.05, 0) is 45.1 Å². The zero-order valence-corrected chi connectivity index (χ0v) is 7.46. The minimum atomic E-state index is -0.825. The standard InChI is InChI=1S/C7H7IO2/c8-6-3-1-2-5(4-6)7(9)10/h2,4H,1,3H2,(H,9,10). The lowest BCUT2D eigenvalue weighted by Gasteiger charge is -2.04. The van der Waals surface area contributed by atoms with Crippen molar-refractivity contribution in [1.29, 1.82) is 0 Å². The fraction of sp³-hybridized carbons (Fsp3) is 0.286. The van der Waals surface area contributed by atoms with E-state index in [0.717, 1.165) is 16.4 Å². The van der Waals surface area contributed by atoms with Gasteiger partial charge in [-0.25, -0.2) is 4.79 Å². The lowest BCUT2D eigenvalue weighted by molar-refractivity contribution is -0.132. The van der Waals surface area contributed by atoms with Crippen LogP contribution in [0.15, 0.2) is 21.3 Å². The molecule has 2 nitrogen and oxygen atoms in total. The van der Waals surface area contributed by atoms with Gasteiger partial charge in [0.15, 0.2) is 0 Å². The highest BCUT2D eigenvalue weighted by Crippen LogP contribution is 2.22. The largest absolute Gasteiger partial charge is 0.478 e. The molecule has 0 bridgehead atoms. The molecule has 0 amide bonds. The normalized spacial score (nSPS) is 17.7. The minimum Gasteiger partial charge on any atom is -0.478 e. The molecule has 0 aromatic heterocycles. The van der Waals surface area contributed by atoms with E-state index in [1.54, 1.807) is 12.2 Å². The summed E-state index contributed by atoms with van der Waals surface area (Å²) in [4.78, 5) is 10.4. The Kier molecular flexibility index (Phi) is 2.48. The van der Waals surface area contributed by atoms with Gasteiger partial charge in [0, 0.05) is 0 Å². The van der Waals surface area contributed by atoms with E-state index in [9.17, 15) is 4.79 Å². The van der Waals surface area contributed by atoms with Crippen LogP contribution in [-0.4, -0.2) is 11.1 Å². The first-order chi connectivity index (χ1) is 4.70. The monoisotopic (exact) mass is 250 g/mol. The van der Waals surface area contributed by atoms with Crippen LogP contribution < -0.4 is 0 Å². The number of hydrogen-bond acceptors (Lipinski definition) is 1. The highest BCUT2D eigenvalue weighted by atomic mass is 127. The summed E-state index contributed by atoms with van der Waals surface area (Å²) in [6, 6.07) is 0. The topological polar surface area (TPSA) is 37.3 Å². The molecule has 0 spiro atoms. The van der Waals surface area contributed by atoms with Crippen molar-refractivity contribution in [1.82, 2.24) is 0 Å². The van der Waals surface area contributed by atoms with Gasteiger partial charge < -0.3 is 5.11 Å². The molecule has 0 saturated carbocycles. The lowest BCUT2D eigenvalue weighted by atomic mass is 10.1. The Labute approximate surface area is 72.8 Å². The maximum atomic E-state index is 10.4. The van der Waals surface area contributed by atoms with Crippen LogP contribution >= 0.6 is 22.6 Å². The van der Waals surface area contributed by atoms with Gasteiger partial charge in [-0.15, -0.1) is 0 Å². The smallest absolute Gasteiger partial charge is 0.335 e. The highest BCUT2D eigenvalue weighted by Gasteiger charge is 2.08. The van der Waals surface area contributed by atoms with Gasteiger partial charge in [-0.1, -0.05) is 6.08 Å². The molecule has 0 radical (unpaired) electrons. The molecule has 0 aromatic carbocycles. The predicted molar refractivity (Wildman–Crippen MR) is 47.1 cm³/mol. The summed E-state index contributed by atoms with van der Waals surface area (Å²) in [5, 5.41) is 8.54. The first-order valence-corrected chi connectivity index (χ1v) is 4.07. The van der Waals surface area contributed by atoms with Gasteiger partial charge in [0.05, 0.1) is 5.57 Å². The van der Waals surface area contributed by atoms with Crippen molar-refractivity contribution in [2.24, 2.45) is 0 Å². The van der Waals surface area contributed by atoms with Gasteiger partial charge in [0.2, 0.25) is 0 Å². The molecule has 1 aliphatic rings. The molecule has 1 N–H and O–H groups in total. The lowest BCUT2D eigenvalue weighted by Crippen LogP contribution is -2.00. The summed E-state index contributed by atoms with van der Waals surface area (Å²) in [6.07, 6.45) is 5.31. The van der Waals surface area contributed by atoms with Crippen LogP contribution in [-0.2, 0) is 4.79 Å². The van der Waals surface area contributed by atoms with Gasteiger partial charge in [-0.2, -0.15) is 0 Å². The zero-order chi connectivity index (χ0) is 7.56. The number of allylic oxidation sites excluding steroid dienone is 2. The third-order valence-corrected chi connectivity index (χ3v) is 2.16. The number of hydrogen-bond donors (Lipinski definition) is 1. The van der Waals surface area contributed by atoms with E-state index in [0.29, 0.717) is 5.57 Å². The molecule has 0 atom stereocenters. The summed E-state index contributed by atoms with van der Waals surface area (Å²) in [5.41, 5.74) is 0.427. The van der Waals surface area contributed by atoms with Gasteiger partial charge >= 0.3 is 5.97 Å². The zero-order valence-electron chi connectivity index (χ0n) is 5.30. The Bertz CT molecular complexity index is 216. The molecule has 0 fully saturated rings. The molecule has 0 aliphatic heterocycles. The van der Waals surface area contributed by atoms with Gasteiger partial charge in [0.1, 0.15) is 0 Å². The van der Waals surface area contributed by atoms with Crippen LogP contribution in [0.3, 0.4) is 0 Å². The molecular formula is C7H7IO2. The average Bonchev–Trinajstić information content (AvgIpc) is 1.88. The number of carboxylic acids is 1. The Morgan fingerprint density at radius 2 is 2.40 bits per heavy atom. The van der Waals surface area contributed by atoms with Crippen molar-refractivity contribution in [3.05, 3.63) is 21.3 Å². The fourth-order valence-electron chi connectivity index (χ4n) is 0.814.